The minimum atomic E-state index is -0.385. The molecule has 2 aromatic heterocycles. The lowest BCUT2D eigenvalue weighted by molar-refractivity contribution is 0.102. The average molecular weight is 377 g/mol. The lowest BCUT2D eigenvalue weighted by Crippen LogP contribution is -2.12. The van der Waals surface area contributed by atoms with E-state index in [9.17, 15) is 4.79 Å². The number of amides is 1. The summed E-state index contributed by atoms with van der Waals surface area (Å²) in [6, 6.07) is 12.1. The number of carbonyl (C=O) groups excluding carboxylic acids is 1. The molecule has 1 N–H and O–H groups in total. The average Bonchev–Trinajstić information content (AvgIpc) is 3.27. The van der Waals surface area contributed by atoms with Gasteiger partial charge in [-0.05, 0) is 36.4 Å². The van der Waals surface area contributed by atoms with Crippen LogP contribution in [0.2, 0.25) is 5.02 Å². The van der Waals surface area contributed by atoms with Gasteiger partial charge in [0.1, 0.15) is 5.69 Å². The molecule has 7 nitrogen and oxygen atoms in total. The fourth-order valence-electron chi connectivity index (χ4n) is 2.79. The fraction of sp³-hybridized carbons (Fsp3) is 0.0526. The molecule has 8 heteroatoms. The van der Waals surface area contributed by atoms with Crippen LogP contribution in [-0.4, -0.2) is 25.5 Å². The van der Waals surface area contributed by atoms with E-state index in [2.05, 4.69) is 15.5 Å². The second kappa shape index (κ2) is 6.59. The smallest absolute Gasteiger partial charge is 0.257 e. The van der Waals surface area contributed by atoms with E-state index in [1.54, 1.807) is 33.9 Å². The molecule has 0 spiro atoms. The van der Waals surface area contributed by atoms with Gasteiger partial charge in [-0.15, -0.1) is 0 Å². The van der Waals surface area contributed by atoms with Gasteiger partial charge in [0, 0.05) is 18.1 Å². The van der Waals surface area contributed by atoms with Crippen molar-refractivity contribution in [3.63, 3.8) is 0 Å². The summed E-state index contributed by atoms with van der Waals surface area (Å²) in [6.07, 6.45) is 5.32. The van der Waals surface area contributed by atoms with Crippen molar-refractivity contribution >= 4 is 34.1 Å². The van der Waals surface area contributed by atoms with E-state index in [1.807, 2.05) is 31.4 Å². The molecule has 132 valence electrons. The molecule has 2 aromatic carbocycles. The summed E-state index contributed by atoms with van der Waals surface area (Å²) >= 11 is 6.11. The molecule has 0 aliphatic heterocycles. The van der Waals surface area contributed by atoms with Crippen LogP contribution >= 0.6 is 11.6 Å². The second-order valence-electron chi connectivity index (χ2n) is 5.96. The Balaban J connectivity index is 1.69. The van der Waals surface area contributed by atoms with Gasteiger partial charge in [0.05, 0.1) is 46.3 Å². The zero-order valence-corrected chi connectivity index (χ0v) is 15.0. The molecule has 2 heterocycles. The Morgan fingerprint density at radius 3 is 2.78 bits per heavy atom. The highest BCUT2D eigenvalue weighted by Gasteiger charge is 2.13. The van der Waals surface area contributed by atoms with Crippen molar-refractivity contribution in [1.82, 2.24) is 19.6 Å². The molecule has 0 radical (unpaired) electrons. The van der Waals surface area contributed by atoms with Crippen molar-refractivity contribution in [1.29, 1.82) is 5.26 Å². The van der Waals surface area contributed by atoms with Crippen molar-refractivity contribution in [2.24, 2.45) is 7.05 Å². The van der Waals surface area contributed by atoms with E-state index in [1.165, 1.54) is 12.1 Å². The maximum Gasteiger partial charge on any atom is 0.257 e. The molecule has 0 atom stereocenters. The number of hydrogen-bond donors (Lipinski definition) is 1. The molecule has 0 aliphatic carbocycles. The highest BCUT2D eigenvalue weighted by atomic mass is 35.5. The first-order chi connectivity index (χ1) is 13.0. The van der Waals surface area contributed by atoms with E-state index >= 15 is 0 Å². The second-order valence-corrected chi connectivity index (χ2v) is 6.37. The molecule has 1 amide bonds. The zero-order chi connectivity index (χ0) is 19.0. The Kier molecular flexibility index (Phi) is 4.11. The van der Waals surface area contributed by atoms with Crippen LogP contribution in [0.1, 0.15) is 15.9 Å². The third kappa shape index (κ3) is 3.14. The third-order valence-electron chi connectivity index (χ3n) is 4.10. The van der Waals surface area contributed by atoms with Crippen LogP contribution in [0.25, 0.3) is 16.6 Å². The van der Waals surface area contributed by atoms with Crippen LogP contribution < -0.4 is 5.32 Å². The minimum Gasteiger partial charge on any atom is -0.322 e. The number of aromatic nitrogens is 4. The van der Waals surface area contributed by atoms with E-state index < -0.39 is 0 Å². The molecule has 0 unspecified atom stereocenters. The number of halogens is 1. The Hall–Kier alpha value is -3.63. The predicted octanol–water partition coefficient (Wildman–Crippen LogP) is 3.54. The van der Waals surface area contributed by atoms with Gasteiger partial charge < -0.3 is 5.32 Å². The highest BCUT2D eigenvalue weighted by Crippen LogP contribution is 2.24. The van der Waals surface area contributed by atoms with Crippen LogP contribution in [0.15, 0.2) is 55.0 Å². The fourth-order valence-corrected chi connectivity index (χ4v) is 2.99. The molecule has 4 aromatic rings. The highest BCUT2D eigenvalue weighted by molar-refractivity contribution is 6.34. The lowest BCUT2D eigenvalue weighted by Gasteiger charge is -2.08. The number of benzene rings is 2. The number of nitrogens with one attached hydrogen (secondary N) is 1. The Labute approximate surface area is 159 Å². The third-order valence-corrected chi connectivity index (χ3v) is 4.43. The number of aryl methyl sites for hydroxylation is 1. The monoisotopic (exact) mass is 376 g/mol. The van der Waals surface area contributed by atoms with E-state index in [0.717, 1.165) is 16.6 Å². The van der Waals surface area contributed by atoms with Gasteiger partial charge in [0.2, 0.25) is 0 Å². The van der Waals surface area contributed by atoms with Gasteiger partial charge in [0.25, 0.3) is 5.91 Å². The number of rotatable bonds is 3. The first-order valence-corrected chi connectivity index (χ1v) is 8.41. The zero-order valence-electron chi connectivity index (χ0n) is 14.2. The van der Waals surface area contributed by atoms with Crippen LogP contribution in [0.5, 0.6) is 0 Å². The van der Waals surface area contributed by atoms with Gasteiger partial charge in [-0.3, -0.25) is 9.48 Å². The van der Waals surface area contributed by atoms with E-state index in [4.69, 9.17) is 16.9 Å². The standard InChI is InChI=1S/C19H13ClN6O/c1-25-11-15(10-22-25)26-18-7-14(4-3-13(18)9-23-26)24-19(27)16-6-12(8-21)2-5-17(16)20/h2-7,9-11H,1H3,(H,24,27). The summed E-state index contributed by atoms with van der Waals surface area (Å²) in [5.41, 5.74) is 2.86. The topological polar surface area (TPSA) is 88.5 Å². The van der Waals surface area contributed by atoms with Crippen molar-refractivity contribution in [2.45, 2.75) is 0 Å². The molecular formula is C19H13ClN6O. The minimum absolute atomic E-state index is 0.247. The summed E-state index contributed by atoms with van der Waals surface area (Å²) in [4.78, 5) is 12.6. The number of nitrogens with zero attached hydrogens (tertiary/aromatic N) is 5. The van der Waals surface area contributed by atoms with E-state index in [-0.39, 0.29) is 16.5 Å². The molecule has 0 fully saturated rings. The normalized spacial score (nSPS) is 10.7. The summed E-state index contributed by atoms with van der Waals surface area (Å²) < 4.78 is 3.44. The number of nitriles is 1. The quantitative estimate of drug-likeness (QED) is 0.592. The van der Waals surface area contributed by atoms with Gasteiger partial charge in [0.15, 0.2) is 0 Å². The van der Waals surface area contributed by atoms with Gasteiger partial charge in [-0.25, -0.2) is 4.68 Å². The summed E-state index contributed by atoms with van der Waals surface area (Å²) in [7, 11) is 1.83. The Morgan fingerprint density at radius 2 is 2.04 bits per heavy atom. The van der Waals surface area contributed by atoms with Crippen molar-refractivity contribution in [2.75, 3.05) is 5.32 Å². The Bertz CT molecular complexity index is 1220. The molecule has 0 bridgehead atoms. The molecule has 4 rings (SSSR count). The number of hydrogen-bond acceptors (Lipinski definition) is 4. The molecular weight excluding hydrogens is 364 g/mol. The molecule has 27 heavy (non-hydrogen) atoms. The summed E-state index contributed by atoms with van der Waals surface area (Å²) in [6.45, 7) is 0. The lowest BCUT2D eigenvalue weighted by atomic mass is 10.1. The van der Waals surface area contributed by atoms with Gasteiger partial charge in [-0.1, -0.05) is 11.6 Å². The number of carbonyl (C=O) groups is 1. The molecule has 0 aliphatic rings. The van der Waals surface area contributed by atoms with Crippen molar-refractivity contribution < 1.29 is 4.79 Å². The first kappa shape index (κ1) is 16.8. The maximum absolute atomic E-state index is 12.6. The number of anilines is 1. The van der Waals surface area contributed by atoms with Gasteiger partial charge >= 0.3 is 0 Å². The molecule has 0 saturated heterocycles. The molecule has 0 saturated carbocycles. The van der Waals surface area contributed by atoms with Crippen molar-refractivity contribution in [3.8, 4) is 11.8 Å². The summed E-state index contributed by atoms with van der Waals surface area (Å²) in [5, 5.41) is 21.6. The Morgan fingerprint density at radius 1 is 1.19 bits per heavy atom. The van der Waals surface area contributed by atoms with Crippen LogP contribution in [-0.2, 0) is 7.05 Å². The van der Waals surface area contributed by atoms with E-state index in [0.29, 0.717) is 11.3 Å². The van der Waals surface area contributed by atoms with Crippen LogP contribution in [0.4, 0.5) is 5.69 Å². The van der Waals surface area contributed by atoms with Crippen molar-refractivity contribution in [3.05, 3.63) is 71.1 Å². The van der Waals surface area contributed by atoms with Gasteiger partial charge in [-0.2, -0.15) is 15.5 Å². The van der Waals surface area contributed by atoms with Crippen LogP contribution in [0, 0.1) is 11.3 Å². The number of fused-ring (bicyclic) bond motifs is 1. The predicted molar refractivity (Wildman–Crippen MR) is 102 cm³/mol. The maximum atomic E-state index is 12.6. The largest absolute Gasteiger partial charge is 0.322 e. The SMILES string of the molecule is Cn1cc(-n2ncc3ccc(NC(=O)c4cc(C#N)ccc4Cl)cc32)cn1. The first-order valence-electron chi connectivity index (χ1n) is 8.03. The summed E-state index contributed by atoms with van der Waals surface area (Å²) in [5.74, 6) is -0.385. The van der Waals surface area contributed by atoms with Crippen LogP contribution in [0.3, 0.4) is 0 Å².